The Hall–Kier alpha value is -2.36. The molecule has 0 unspecified atom stereocenters. The van der Waals surface area contributed by atoms with Crippen molar-refractivity contribution in [3.05, 3.63) is 65.1 Å². The molecule has 2 aromatic carbocycles. The number of nitrogens with zero attached hydrogens (tertiary/aromatic N) is 1. The minimum absolute atomic E-state index is 0.111. The molecule has 0 fully saturated rings. The van der Waals surface area contributed by atoms with Crippen molar-refractivity contribution in [3.8, 4) is 11.8 Å². The van der Waals surface area contributed by atoms with E-state index in [9.17, 15) is 13.7 Å². The van der Waals surface area contributed by atoms with E-state index in [-0.39, 0.29) is 9.80 Å². The summed E-state index contributed by atoms with van der Waals surface area (Å²) in [7, 11) is -4.87. The first-order valence-electron chi connectivity index (χ1n) is 8.87. The quantitative estimate of drug-likeness (QED) is 0.350. The fourth-order valence-corrected chi connectivity index (χ4v) is 4.89. The predicted molar refractivity (Wildman–Crippen MR) is 112 cm³/mol. The van der Waals surface area contributed by atoms with E-state index in [2.05, 4.69) is 19.6 Å². The molecule has 0 amide bonds. The number of rotatable bonds is 8. The molecule has 0 aliphatic rings. The lowest BCUT2D eigenvalue weighted by Crippen LogP contribution is -2.19. The van der Waals surface area contributed by atoms with Crippen LogP contribution in [0.4, 0.5) is 0 Å². The first-order valence-corrected chi connectivity index (χ1v) is 14.1. The first kappa shape index (κ1) is 20.9. The maximum absolute atomic E-state index is 12.6. The van der Waals surface area contributed by atoms with Gasteiger partial charge in [-0.3, -0.25) is 0 Å². The second-order valence-electron chi connectivity index (χ2n) is 7.52. The van der Waals surface area contributed by atoms with Crippen molar-refractivity contribution in [2.75, 3.05) is 6.61 Å². The van der Waals surface area contributed by atoms with Gasteiger partial charge in [-0.25, -0.2) is 8.42 Å². The highest BCUT2D eigenvalue weighted by atomic mass is 32.2. The summed E-state index contributed by atoms with van der Waals surface area (Å²) in [5, 5.41) is 9.33. The summed E-state index contributed by atoms with van der Waals surface area (Å²) < 4.78 is 30.9. The Balaban J connectivity index is 2.08. The molecule has 2 aromatic rings. The van der Waals surface area contributed by atoms with Crippen LogP contribution in [-0.2, 0) is 9.84 Å². The first-order chi connectivity index (χ1) is 12.7. The third kappa shape index (κ3) is 6.38. The molecule has 0 aliphatic carbocycles. The van der Waals surface area contributed by atoms with E-state index >= 15 is 0 Å². The average molecular weight is 400 g/mol. The zero-order chi connectivity index (χ0) is 19.9. The number of hydrogen-bond acceptors (Lipinski definition) is 4. The van der Waals surface area contributed by atoms with E-state index < -0.39 is 17.9 Å². The van der Waals surface area contributed by atoms with E-state index in [1.165, 1.54) is 24.3 Å². The Kier molecular flexibility index (Phi) is 7.00. The third-order valence-corrected chi connectivity index (χ3v) is 7.51. The third-order valence-electron chi connectivity index (χ3n) is 3.97. The largest absolute Gasteiger partial charge is 0.494 e. The second kappa shape index (κ2) is 9.02. The molecule has 0 atom stereocenters. The molecular weight excluding hydrogens is 374 g/mol. The summed E-state index contributed by atoms with van der Waals surface area (Å²) >= 11 is 0. The monoisotopic (exact) mass is 399 g/mol. The van der Waals surface area contributed by atoms with Crippen LogP contribution >= 0.6 is 0 Å². The van der Waals surface area contributed by atoms with Gasteiger partial charge in [-0.05, 0) is 42.3 Å². The molecule has 0 saturated heterocycles. The van der Waals surface area contributed by atoms with Gasteiger partial charge in [0.05, 0.1) is 11.5 Å². The van der Waals surface area contributed by atoms with E-state index in [0.717, 1.165) is 12.2 Å². The molecule has 0 saturated carbocycles. The van der Waals surface area contributed by atoms with Gasteiger partial charge in [0.2, 0.25) is 9.84 Å². The molecule has 0 radical (unpaired) electrons. The maximum Gasteiger partial charge on any atom is 0.216 e. The lowest BCUT2D eigenvalue weighted by Gasteiger charge is -2.15. The molecule has 4 nitrogen and oxygen atoms in total. The Morgan fingerprint density at radius 1 is 1.07 bits per heavy atom. The zero-order valence-electron chi connectivity index (χ0n) is 16.0. The fourth-order valence-electron chi connectivity index (χ4n) is 2.50. The molecule has 27 heavy (non-hydrogen) atoms. The van der Waals surface area contributed by atoms with Crippen LogP contribution in [0.2, 0.25) is 25.7 Å². The second-order valence-corrected chi connectivity index (χ2v) is 15.1. The summed E-state index contributed by atoms with van der Waals surface area (Å²) in [5.74, 6) is 0.743. The van der Waals surface area contributed by atoms with Gasteiger partial charge in [0, 0.05) is 8.07 Å². The Bertz CT molecular complexity index is 922. The molecule has 0 aromatic heterocycles. The lowest BCUT2D eigenvalue weighted by molar-refractivity contribution is 0.317. The topological polar surface area (TPSA) is 67.2 Å². The van der Waals surface area contributed by atoms with Crippen molar-refractivity contribution in [3.63, 3.8) is 0 Å². The molecule has 0 bridgehead atoms. The number of benzene rings is 2. The van der Waals surface area contributed by atoms with Crippen LogP contribution in [0.5, 0.6) is 5.75 Å². The van der Waals surface area contributed by atoms with Gasteiger partial charge in [-0.1, -0.05) is 56.0 Å². The molecule has 0 N–H and O–H groups in total. The van der Waals surface area contributed by atoms with Crippen LogP contribution in [0.3, 0.4) is 0 Å². The highest BCUT2D eigenvalue weighted by molar-refractivity contribution is 7.95. The number of ether oxygens (including phenoxy) is 1. The molecule has 0 aliphatic heterocycles. The minimum atomic E-state index is -3.82. The van der Waals surface area contributed by atoms with Gasteiger partial charge in [0.1, 0.15) is 16.7 Å². The van der Waals surface area contributed by atoms with Gasteiger partial charge in [0.15, 0.2) is 0 Å². The highest BCUT2D eigenvalue weighted by Crippen LogP contribution is 2.22. The lowest BCUT2D eigenvalue weighted by atomic mass is 10.2. The van der Waals surface area contributed by atoms with Crippen LogP contribution in [0, 0.1) is 11.3 Å². The van der Waals surface area contributed by atoms with Crippen LogP contribution < -0.4 is 4.74 Å². The van der Waals surface area contributed by atoms with Gasteiger partial charge in [-0.2, -0.15) is 5.26 Å². The van der Waals surface area contributed by atoms with Crippen molar-refractivity contribution in [1.29, 1.82) is 5.26 Å². The summed E-state index contributed by atoms with van der Waals surface area (Å²) in [6, 6.07) is 18.1. The SMILES string of the molecule is C[Si](C)(C)CCCOc1ccc(C=C(C#N)S(=O)(=O)c2ccccc2)cc1. The van der Waals surface area contributed by atoms with Crippen molar-refractivity contribution in [2.45, 2.75) is 37.0 Å². The normalized spacial score (nSPS) is 12.4. The van der Waals surface area contributed by atoms with Crippen LogP contribution in [0.1, 0.15) is 12.0 Å². The predicted octanol–water partition coefficient (Wildman–Crippen LogP) is 5.13. The molecular formula is C21H25NO3SSi. The smallest absolute Gasteiger partial charge is 0.216 e. The molecule has 6 heteroatoms. The molecule has 0 spiro atoms. The standard InChI is InChI=1S/C21H25NO3SSi/c1-27(2,3)15-7-14-25-19-12-10-18(11-13-19)16-21(17-22)26(23,24)20-8-5-4-6-9-20/h4-6,8-13,16H,7,14-15H2,1-3H3. The molecule has 2 rings (SSSR count). The number of sulfone groups is 1. The molecule has 142 valence electrons. The molecule has 0 heterocycles. The van der Waals surface area contributed by atoms with Gasteiger partial charge >= 0.3 is 0 Å². The van der Waals surface area contributed by atoms with Crippen molar-refractivity contribution in [1.82, 2.24) is 0 Å². The summed E-state index contributed by atoms with van der Waals surface area (Å²) in [4.78, 5) is -0.169. The number of nitriles is 1. The van der Waals surface area contributed by atoms with Crippen LogP contribution in [0.25, 0.3) is 6.08 Å². The number of hydrogen-bond donors (Lipinski definition) is 0. The van der Waals surface area contributed by atoms with Crippen LogP contribution in [-0.4, -0.2) is 23.1 Å². The van der Waals surface area contributed by atoms with Gasteiger partial charge in [-0.15, -0.1) is 0 Å². The van der Waals surface area contributed by atoms with Crippen molar-refractivity contribution in [2.24, 2.45) is 0 Å². The van der Waals surface area contributed by atoms with Gasteiger partial charge in [0.25, 0.3) is 0 Å². The van der Waals surface area contributed by atoms with E-state index in [4.69, 9.17) is 4.74 Å². The summed E-state index contributed by atoms with van der Waals surface area (Å²) in [6.45, 7) is 7.69. The van der Waals surface area contributed by atoms with E-state index in [1.807, 2.05) is 0 Å². The Morgan fingerprint density at radius 2 is 1.70 bits per heavy atom. The maximum atomic E-state index is 12.6. The average Bonchev–Trinajstić information content (AvgIpc) is 2.64. The fraction of sp³-hybridized carbons (Fsp3) is 0.286. The zero-order valence-corrected chi connectivity index (χ0v) is 17.8. The Labute approximate surface area is 163 Å². The van der Waals surface area contributed by atoms with Crippen molar-refractivity contribution < 1.29 is 13.2 Å². The van der Waals surface area contributed by atoms with E-state index in [0.29, 0.717) is 12.2 Å². The Morgan fingerprint density at radius 3 is 2.26 bits per heavy atom. The number of allylic oxidation sites excluding steroid dienone is 1. The van der Waals surface area contributed by atoms with E-state index in [1.54, 1.807) is 48.5 Å². The highest BCUT2D eigenvalue weighted by Gasteiger charge is 2.20. The summed E-state index contributed by atoms with van der Waals surface area (Å²) in [5.41, 5.74) is 0.639. The van der Waals surface area contributed by atoms with Crippen molar-refractivity contribution >= 4 is 24.0 Å². The minimum Gasteiger partial charge on any atom is -0.494 e. The summed E-state index contributed by atoms with van der Waals surface area (Å²) in [6.07, 6.45) is 2.42. The van der Waals surface area contributed by atoms with Crippen LogP contribution in [0.15, 0.2) is 64.4 Å². The van der Waals surface area contributed by atoms with Gasteiger partial charge < -0.3 is 4.74 Å².